The van der Waals surface area contributed by atoms with Crippen LogP contribution in [0, 0.1) is 11.3 Å². The maximum Gasteiger partial charge on any atom is 0.266 e. The van der Waals surface area contributed by atoms with Gasteiger partial charge in [-0.1, -0.05) is 40.2 Å². The fourth-order valence-electron chi connectivity index (χ4n) is 2.60. The molecule has 0 unspecified atom stereocenters. The van der Waals surface area contributed by atoms with Crippen LogP contribution in [0.3, 0.4) is 0 Å². The van der Waals surface area contributed by atoms with Gasteiger partial charge in [0, 0.05) is 10.2 Å². The Morgan fingerprint density at radius 3 is 2.23 bits per heavy atom. The van der Waals surface area contributed by atoms with Crippen molar-refractivity contribution in [2.75, 3.05) is 12.4 Å². The fraction of sp³-hybridized carbons (Fsp3) is 0.0833. The number of nitrogens with zero attached hydrogens (tertiary/aromatic N) is 1. The van der Waals surface area contributed by atoms with Gasteiger partial charge in [0.2, 0.25) is 0 Å². The number of hydrogen-bond donors (Lipinski definition) is 1. The van der Waals surface area contributed by atoms with Gasteiger partial charge in [0.1, 0.15) is 29.7 Å². The van der Waals surface area contributed by atoms with E-state index in [1.54, 1.807) is 55.6 Å². The van der Waals surface area contributed by atoms with Crippen LogP contribution in [0.2, 0.25) is 0 Å². The predicted molar refractivity (Wildman–Crippen MR) is 120 cm³/mol. The Hall–Kier alpha value is -3.56. The van der Waals surface area contributed by atoms with Gasteiger partial charge in [0.05, 0.1) is 7.11 Å². The molecule has 5 nitrogen and oxygen atoms in total. The first-order valence-corrected chi connectivity index (χ1v) is 9.91. The van der Waals surface area contributed by atoms with E-state index < -0.39 is 5.91 Å². The summed E-state index contributed by atoms with van der Waals surface area (Å²) in [7, 11) is 1.57. The van der Waals surface area contributed by atoms with Crippen LogP contribution in [0.1, 0.15) is 11.1 Å². The Morgan fingerprint density at radius 2 is 1.63 bits per heavy atom. The van der Waals surface area contributed by atoms with Gasteiger partial charge in [-0.05, 0) is 65.7 Å². The number of anilines is 1. The second kappa shape index (κ2) is 10.3. The zero-order valence-electron chi connectivity index (χ0n) is 16.3. The van der Waals surface area contributed by atoms with E-state index in [0.717, 1.165) is 15.6 Å². The SMILES string of the molecule is COc1ccc(NC(=O)/C(C#N)=C\c2ccc(OCc3ccc(Br)cc3)cc2)cc1. The Labute approximate surface area is 183 Å². The van der Waals surface area contributed by atoms with Gasteiger partial charge in [0.15, 0.2) is 0 Å². The van der Waals surface area contributed by atoms with Crippen LogP contribution >= 0.6 is 15.9 Å². The molecule has 3 aromatic rings. The minimum atomic E-state index is -0.474. The van der Waals surface area contributed by atoms with E-state index in [-0.39, 0.29) is 5.57 Å². The van der Waals surface area contributed by atoms with Gasteiger partial charge in [-0.15, -0.1) is 0 Å². The molecule has 6 heteroatoms. The van der Waals surface area contributed by atoms with Crippen LogP contribution in [-0.4, -0.2) is 13.0 Å². The molecule has 0 radical (unpaired) electrons. The Morgan fingerprint density at radius 1 is 1.00 bits per heavy atom. The zero-order valence-corrected chi connectivity index (χ0v) is 17.8. The molecule has 0 aliphatic heterocycles. The first kappa shape index (κ1) is 21.2. The van der Waals surface area contributed by atoms with Crippen molar-refractivity contribution in [3.63, 3.8) is 0 Å². The van der Waals surface area contributed by atoms with Crippen molar-refractivity contribution in [3.05, 3.63) is 94.0 Å². The summed E-state index contributed by atoms with van der Waals surface area (Å²) < 4.78 is 11.9. The van der Waals surface area contributed by atoms with Crippen molar-refractivity contribution in [1.82, 2.24) is 0 Å². The largest absolute Gasteiger partial charge is 0.497 e. The van der Waals surface area contributed by atoms with E-state index in [4.69, 9.17) is 9.47 Å². The average Bonchev–Trinajstić information content (AvgIpc) is 2.78. The summed E-state index contributed by atoms with van der Waals surface area (Å²) in [6, 6.07) is 24.0. The van der Waals surface area contributed by atoms with Crippen LogP contribution in [0.15, 0.2) is 82.8 Å². The van der Waals surface area contributed by atoms with E-state index in [2.05, 4.69) is 21.2 Å². The lowest BCUT2D eigenvalue weighted by Crippen LogP contribution is -2.13. The highest BCUT2D eigenvalue weighted by molar-refractivity contribution is 9.10. The summed E-state index contributed by atoms with van der Waals surface area (Å²) in [5, 5.41) is 12.1. The molecule has 0 aromatic heterocycles. The molecule has 0 bridgehead atoms. The molecule has 1 amide bonds. The highest BCUT2D eigenvalue weighted by Crippen LogP contribution is 2.19. The Bertz CT molecular complexity index is 1070. The van der Waals surface area contributed by atoms with E-state index in [1.165, 1.54) is 6.08 Å². The summed E-state index contributed by atoms with van der Waals surface area (Å²) in [4.78, 5) is 12.4. The monoisotopic (exact) mass is 462 g/mol. The lowest BCUT2D eigenvalue weighted by molar-refractivity contribution is -0.112. The number of halogens is 1. The van der Waals surface area contributed by atoms with Crippen molar-refractivity contribution >= 4 is 33.6 Å². The van der Waals surface area contributed by atoms with Gasteiger partial charge in [-0.25, -0.2) is 0 Å². The normalized spacial score (nSPS) is 10.8. The summed E-state index contributed by atoms with van der Waals surface area (Å²) in [5.41, 5.74) is 2.38. The molecule has 0 fully saturated rings. The minimum absolute atomic E-state index is 0.00866. The molecule has 30 heavy (non-hydrogen) atoms. The molecule has 0 aliphatic rings. The van der Waals surface area contributed by atoms with Gasteiger partial charge >= 0.3 is 0 Å². The van der Waals surface area contributed by atoms with Crippen LogP contribution in [0.25, 0.3) is 6.08 Å². The molecule has 0 spiro atoms. The number of benzene rings is 3. The zero-order chi connectivity index (χ0) is 21.3. The maximum atomic E-state index is 12.4. The molecule has 1 N–H and O–H groups in total. The number of rotatable bonds is 7. The second-order valence-electron chi connectivity index (χ2n) is 6.34. The van der Waals surface area contributed by atoms with Crippen molar-refractivity contribution < 1.29 is 14.3 Å². The smallest absolute Gasteiger partial charge is 0.266 e. The number of amides is 1. The number of hydrogen-bond acceptors (Lipinski definition) is 4. The second-order valence-corrected chi connectivity index (χ2v) is 7.25. The number of carbonyl (C=O) groups excluding carboxylic acids is 1. The number of ether oxygens (including phenoxy) is 2. The van der Waals surface area contributed by atoms with E-state index in [1.807, 2.05) is 30.3 Å². The van der Waals surface area contributed by atoms with Crippen molar-refractivity contribution in [2.45, 2.75) is 6.61 Å². The van der Waals surface area contributed by atoms with E-state index >= 15 is 0 Å². The molecule has 0 heterocycles. The van der Waals surface area contributed by atoms with Crippen LogP contribution in [0.4, 0.5) is 5.69 Å². The number of nitriles is 1. The number of methoxy groups -OCH3 is 1. The van der Waals surface area contributed by atoms with Gasteiger partial charge in [-0.2, -0.15) is 5.26 Å². The van der Waals surface area contributed by atoms with E-state index in [9.17, 15) is 10.1 Å². The first-order valence-electron chi connectivity index (χ1n) is 9.12. The lowest BCUT2D eigenvalue weighted by atomic mass is 10.1. The lowest BCUT2D eigenvalue weighted by Gasteiger charge is -2.07. The summed E-state index contributed by atoms with van der Waals surface area (Å²) >= 11 is 3.41. The standard InChI is InChI=1S/C24H19BrN2O3/c1-29-22-12-8-21(9-13-22)27-24(28)19(15-26)14-17-4-10-23(11-5-17)30-16-18-2-6-20(25)7-3-18/h2-14H,16H2,1H3,(H,27,28)/b19-14-. The summed E-state index contributed by atoms with van der Waals surface area (Å²) in [6.07, 6.45) is 1.54. The molecule has 0 aliphatic carbocycles. The number of nitrogens with one attached hydrogen (secondary N) is 1. The summed E-state index contributed by atoms with van der Waals surface area (Å²) in [6.45, 7) is 0.455. The highest BCUT2D eigenvalue weighted by atomic mass is 79.9. The van der Waals surface area contributed by atoms with Crippen molar-refractivity contribution in [3.8, 4) is 17.6 Å². The first-order chi connectivity index (χ1) is 14.6. The fourth-order valence-corrected chi connectivity index (χ4v) is 2.86. The molecule has 3 rings (SSSR count). The molecule has 0 saturated heterocycles. The third kappa shape index (κ3) is 5.97. The molecule has 3 aromatic carbocycles. The Balaban J connectivity index is 1.62. The minimum Gasteiger partial charge on any atom is -0.497 e. The predicted octanol–water partition coefficient (Wildman–Crippen LogP) is 5.58. The summed E-state index contributed by atoms with van der Waals surface area (Å²) in [5.74, 6) is 0.918. The van der Waals surface area contributed by atoms with Crippen molar-refractivity contribution in [2.24, 2.45) is 0 Å². The maximum absolute atomic E-state index is 12.4. The van der Waals surface area contributed by atoms with Gasteiger partial charge < -0.3 is 14.8 Å². The topological polar surface area (TPSA) is 71.3 Å². The Kier molecular flexibility index (Phi) is 7.25. The van der Waals surface area contributed by atoms with Crippen molar-refractivity contribution in [1.29, 1.82) is 5.26 Å². The average molecular weight is 463 g/mol. The molecule has 150 valence electrons. The van der Waals surface area contributed by atoms with Crippen LogP contribution in [-0.2, 0) is 11.4 Å². The molecule has 0 atom stereocenters. The quantitative estimate of drug-likeness (QED) is 0.367. The van der Waals surface area contributed by atoms with Crippen LogP contribution < -0.4 is 14.8 Å². The molecule has 0 saturated carbocycles. The van der Waals surface area contributed by atoms with Crippen LogP contribution in [0.5, 0.6) is 11.5 Å². The molecular formula is C24H19BrN2O3. The highest BCUT2D eigenvalue weighted by Gasteiger charge is 2.10. The molecular weight excluding hydrogens is 444 g/mol. The third-order valence-corrected chi connectivity index (χ3v) is 4.75. The van der Waals surface area contributed by atoms with Gasteiger partial charge in [0.25, 0.3) is 5.91 Å². The van der Waals surface area contributed by atoms with E-state index in [0.29, 0.717) is 23.8 Å². The van der Waals surface area contributed by atoms with Gasteiger partial charge in [-0.3, -0.25) is 4.79 Å². The third-order valence-electron chi connectivity index (χ3n) is 4.22. The number of carbonyl (C=O) groups is 1.